The van der Waals surface area contributed by atoms with Gasteiger partial charge in [0.1, 0.15) is 0 Å². The van der Waals surface area contributed by atoms with Gasteiger partial charge in [-0.25, -0.2) is 8.42 Å². The van der Waals surface area contributed by atoms with Gasteiger partial charge in [0.05, 0.1) is 18.0 Å². The van der Waals surface area contributed by atoms with Gasteiger partial charge in [0.25, 0.3) is 0 Å². The Balaban J connectivity index is 1.86. The minimum atomic E-state index is -3.28. The lowest BCUT2D eigenvalue weighted by Crippen LogP contribution is -2.50. The number of morpholine rings is 1. The van der Waals surface area contributed by atoms with E-state index in [1.807, 2.05) is 13.8 Å². The zero-order valence-corrected chi connectivity index (χ0v) is 16.4. The van der Waals surface area contributed by atoms with Gasteiger partial charge in [-0.15, -0.1) is 0 Å². The maximum absolute atomic E-state index is 12.5. The van der Waals surface area contributed by atoms with Gasteiger partial charge in [0.2, 0.25) is 10.0 Å². The average Bonchev–Trinajstić information content (AvgIpc) is 2.82. The van der Waals surface area contributed by atoms with Crippen molar-refractivity contribution in [2.24, 2.45) is 10.4 Å². The van der Waals surface area contributed by atoms with Crippen LogP contribution in [0.2, 0.25) is 0 Å². The van der Waals surface area contributed by atoms with Crippen LogP contribution in [-0.2, 0) is 14.8 Å². The minimum Gasteiger partial charge on any atom is -0.373 e. The van der Waals surface area contributed by atoms with Gasteiger partial charge in [-0.05, 0) is 25.7 Å². The largest absolute Gasteiger partial charge is 0.373 e. The highest BCUT2D eigenvalue weighted by Gasteiger charge is 2.32. The summed E-state index contributed by atoms with van der Waals surface area (Å²) in [5.41, 5.74) is 0.282. The van der Waals surface area contributed by atoms with Crippen molar-refractivity contribution in [3.8, 4) is 0 Å². The van der Waals surface area contributed by atoms with E-state index in [0.29, 0.717) is 19.6 Å². The fraction of sp³-hybridized carbons (Fsp3) is 0.938. The van der Waals surface area contributed by atoms with Crippen molar-refractivity contribution in [2.75, 3.05) is 45.5 Å². The quantitative estimate of drug-likeness (QED) is 0.591. The Bertz CT molecular complexity index is 552. The van der Waals surface area contributed by atoms with Gasteiger partial charge in [0.15, 0.2) is 5.96 Å². The molecule has 2 heterocycles. The zero-order chi connectivity index (χ0) is 18.0. The minimum absolute atomic E-state index is 0.0592. The van der Waals surface area contributed by atoms with Gasteiger partial charge in [-0.3, -0.25) is 4.99 Å². The summed E-state index contributed by atoms with van der Waals surface area (Å²) < 4.78 is 32.3. The molecule has 2 unspecified atom stereocenters. The van der Waals surface area contributed by atoms with Crippen molar-refractivity contribution < 1.29 is 13.2 Å². The number of guanidine groups is 1. The maximum Gasteiger partial charge on any atom is 0.216 e. The molecule has 7 nitrogen and oxygen atoms in total. The predicted molar refractivity (Wildman–Crippen MR) is 96.7 cm³/mol. The summed E-state index contributed by atoms with van der Waals surface area (Å²) >= 11 is 0. The van der Waals surface area contributed by atoms with Crippen molar-refractivity contribution in [1.82, 2.24) is 14.5 Å². The molecule has 0 aromatic rings. The highest BCUT2D eigenvalue weighted by Crippen LogP contribution is 2.28. The van der Waals surface area contributed by atoms with Crippen LogP contribution in [0.1, 0.15) is 34.1 Å². The second-order valence-corrected chi connectivity index (χ2v) is 9.79. The number of hydrogen-bond acceptors (Lipinski definition) is 4. The fourth-order valence-corrected chi connectivity index (χ4v) is 4.90. The lowest BCUT2D eigenvalue weighted by molar-refractivity contribution is -0.0440. The van der Waals surface area contributed by atoms with Crippen LogP contribution in [0.3, 0.4) is 0 Å². The molecule has 0 aromatic heterocycles. The second-order valence-electron chi connectivity index (χ2n) is 7.70. The summed E-state index contributed by atoms with van der Waals surface area (Å²) in [4.78, 5) is 6.49. The molecule has 2 rings (SSSR count). The maximum atomic E-state index is 12.5. The van der Waals surface area contributed by atoms with E-state index >= 15 is 0 Å². The number of ether oxygens (including phenoxy) is 1. The Morgan fingerprint density at radius 1 is 1.29 bits per heavy atom. The molecule has 0 saturated carbocycles. The molecule has 2 saturated heterocycles. The highest BCUT2D eigenvalue weighted by atomic mass is 32.2. The van der Waals surface area contributed by atoms with Gasteiger partial charge >= 0.3 is 0 Å². The van der Waals surface area contributed by atoms with Gasteiger partial charge in [-0.1, -0.05) is 13.8 Å². The fourth-order valence-electron chi connectivity index (χ4n) is 3.40. The van der Waals surface area contributed by atoms with Crippen molar-refractivity contribution in [1.29, 1.82) is 0 Å². The molecule has 2 fully saturated rings. The molecule has 2 aliphatic heterocycles. The summed E-state index contributed by atoms with van der Waals surface area (Å²) in [7, 11) is -1.54. The number of rotatable bonds is 4. The van der Waals surface area contributed by atoms with Crippen molar-refractivity contribution >= 4 is 16.0 Å². The molecule has 0 aromatic carbocycles. The Morgan fingerprint density at radius 3 is 2.42 bits per heavy atom. The molecular weight excluding hydrogens is 328 g/mol. The molecule has 0 amide bonds. The molecular formula is C16H32N4O3S. The van der Waals surface area contributed by atoms with E-state index in [2.05, 4.69) is 29.1 Å². The smallest absolute Gasteiger partial charge is 0.216 e. The predicted octanol–water partition coefficient (Wildman–Crippen LogP) is 0.733. The number of nitrogens with zero attached hydrogens (tertiary/aromatic N) is 3. The molecule has 1 N–H and O–H groups in total. The summed E-state index contributed by atoms with van der Waals surface area (Å²) in [5, 5.41) is 3.21. The van der Waals surface area contributed by atoms with E-state index in [1.165, 1.54) is 0 Å². The first-order valence-electron chi connectivity index (χ1n) is 8.72. The lowest BCUT2D eigenvalue weighted by atomic mass is 9.93. The number of aliphatic imine (C=N–C) groups is 1. The molecule has 0 aliphatic carbocycles. The van der Waals surface area contributed by atoms with Crippen LogP contribution >= 0.6 is 0 Å². The van der Waals surface area contributed by atoms with Crippen molar-refractivity contribution in [3.63, 3.8) is 0 Å². The summed E-state index contributed by atoms with van der Waals surface area (Å²) in [5.74, 6) is 0.863. The Labute approximate surface area is 146 Å². The van der Waals surface area contributed by atoms with Gasteiger partial charge in [0, 0.05) is 39.8 Å². The third kappa shape index (κ3) is 5.07. The van der Waals surface area contributed by atoms with Gasteiger partial charge in [-0.2, -0.15) is 4.31 Å². The van der Waals surface area contributed by atoms with E-state index < -0.39 is 10.0 Å². The van der Waals surface area contributed by atoms with Crippen molar-refractivity contribution in [2.45, 2.75) is 46.3 Å². The first kappa shape index (κ1) is 19.5. The molecule has 0 radical (unpaired) electrons. The van der Waals surface area contributed by atoms with E-state index in [-0.39, 0.29) is 23.4 Å². The Morgan fingerprint density at radius 2 is 1.92 bits per heavy atom. The van der Waals surface area contributed by atoms with Crippen LogP contribution in [0.25, 0.3) is 0 Å². The number of nitrogens with one attached hydrogen (secondary N) is 1. The van der Waals surface area contributed by atoms with Crippen LogP contribution in [0, 0.1) is 5.41 Å². The summed E-state index contributed by atoms with van der Waals surface area (Å²) in [6.45, 7) is 11.4. The van der Waals surface area contributed by atoms with Crippen molar-refractivity contribution in [3.05, 3.63) is 0 Å². The molecule has 2 atom stereocenters. The standard InChI is InChI=1S/C16H32N4O3S/c1-13-10-20(11-14(2)23-13)24(21,22)9-7-18-15(17-5)19-8-6-16(3,4)12-19/h13-14H,6-12H2,1-5H3,(H,17,18). The lowest BCUT2D eigenvalue weighted by Gasteiger charge is -2.34. The summed E-state index contributed by atoms with van der Waals surface area (Å²) in [6, 6.07) is 0. The number of likely N-dealkylation sites (tertiary alicyclic amines) is 1. The van der Waals surface area contributed by atoms with E-state index in [0.717, 1.165) is 25.5 Å². The van der Waals surface area contributed by atoms with Crippen LogP contribution in [-0.4, -0.2) is 81.3 Å². The molecule has 8 heteroatoms. The Hall–Kier alpha value is -0.860. The second kappa shape index (κ2) is 7.58. The molecule has 140 valence electrons. The van der Waals surface area contributed by atoms with E-state index in [4.69, 9.17) is 4.74 Å². The topological polar surface area (TPSA) is 74.2 Å². The van der Waals surface area contributed by atoms with Gasteiger partial charge < -0.3 is 15.0 Å². The van der Waals surface area contributed by atoms with E-state index in [9.17, 15) is 8.42 Å². The van der Waals surface area contributed by atoms with E-state index in [1.54, 1.807) is 11.4 Å². The highest BCUT2D eigenvalue weighted by molar-refractivity contribution is 7.89. The molecule has 2 aliphatic rings. The molecule has 0 bridgehead atoms. The number of sulfonamides is 1. The third-order valence-electron chi connectivity index (χ3n) is 4.61. The monoisotopic (exact) mass is 360 g/mol. The molecule has 0 spiro atoms. The number of hydrogen-bond donors (Lipinski definition) is 1. The van der Waals surface area contributed by atoms with Crippen LogP contribution in [0.4, 0.5) is 0 Å². The zero-order valence-electron chi connectivity index (χ0n) is 15.6. The third-order valence-corrected chi connectivity index (χ3v) is 6.42. The Kier molecular flexibility index (Phi) is 6.14. The summed E-state index contributed by atoms with van der Waals surface area (Å²) in [6.07, 6.45) is 1.00. The average molecular weight is 361 g/mol. The SMILES string of the molecule is CN=C(NCCS(=O)(=O)N1CC(C)OC(C)C1)N1CCC(C)(C)C1. The van der Waals surface area contributed by atoms with Crippen LogP contribution in [0.5, 0.6) is 0 Å². The van der Waals surface area contributed by atoms with Crippen LogP contribution < -0.4 is 5.32 Å². The first-order valence-corrected chi connectivity index (χ1v) is 10.3. The first-order chi connectivity index (χ1) is 11.1. The molecule has 24 heavy (non-hydrogen) atoms. The van der Waals surface area contributed by atoms with Crippen LogP contribution in [0.15, 0.2) is 4.99 Å². The normalized spacial score (nSPS) is 29.0.